The summed E-state index contributed by atoms with van der Waals surface area (Å²) in [4.78, 5) is 0. The molecule has 0 saturated carbocycles. The van der Waals surface area contributed by atoms with Gasteiger partial charge in [0.1, 0.15) is 99.6 Å². The Kier molecular flexibility index (Phi) is 20.2. The van der Waals surface area contributed by atoms with Crippen LogP contribution in [0.25, 0.3) is 0 Å². The van der Waals surface area contributed by atoms with Crippen LogP contribution >= 0.6 is 0 Å². The lowest BCUT2D eigenvalue weighted by atomic mass is 9.82. The third kappa shape index (κ3) is 15.6. The first-order chi connectivity index (χ1) is 48.4. The van der Waals surface area contributed by atoms with Gasteiger partial charge in [-0.05, 0) is 79.9 Å². The molecule has 0 fully saturated rings. The summed E-state index contributed by atoms with van der Waals surface area (Å²) in [5.41, 5.74) is 10.3. The van der Waals surface area contributed by atoms with Gasteiger partial charge in [-0.15, -0.1) is 0 Å². The zero-order chi connectivity index (χ0) is 66.2. The van der Waals surface area contributed by atoms with Crippen molar-refractivity contribution in [3.05, 3.63) is 370 Å². The van der Waals surface area contributed by atoms with Crippen molar-refractivity contribution < 1.29 is 57.6 Å². The van der Waals surface area contributed by atoms with Gasteiger partial charge in [-0.25, -0.2) is 0 Å². The van der Waals surface area contributed by atoms with Crippen molar-refractivity contribution in [3.63, 3.8) is 0 Å². The summed E-state index contributed by atoms with van der Waals surface area (Å²) in [5, 5.41) is 27.0. The fraction of sp³-hybridized carbons (Fsp3) is 0.163. The molecule has 0 amide bonds. The molecule has 2 aliphatic rings. The second kappa shape index (κ2) is 31.0. The summed E-state index contributed by atoms with van der Waals surface area (Å²) < 4.78 is 69.4. The van der Waals surface area contributed by atoms with Gasteiger partial charge in [-0.3, -0.25) is 0 Å². The van der Waals surface area contributed by atoms with Crippen LogP contribution in [0.5, 0.6) is 57.5 Å². The quantitative estimate of drug-likeness (QED) is 0.0508. The minimum absolute atomic E-state index is 0.0638. The van der Waals surface area contributed by atoms with Crippen LogP contribution in [0.15, 0.2) is 297 Å². The number of benzene rings is 12. The Hall–Kier alpha value is -11.4. The van der Waals surface area contributed by atoms with Gasteiger partial charge >= 0.3 is 0 Å². The van der Waals surface area contributed by atoms with E-state index in [-0.39, 0.29) is 52.7 Å². The predicted octanol–water partition coefficient (Wildman–Crippen LogP) is 18.0. The molecule has 12 aromatic rings. The molecule has 2 aliphatic heterocycles. The van der Waals surface area contributed by atoms with Crippen LogP contribution < -0.4 is 47.4 Å². The largest absolute Gasteiger partial charge is 0.489 e. The lowest BCUT2D eigenvalue weighted by Crippen LogP contribution is -2.37. The summed E-state index contributed by atoms with van der Waals surface area (Å²) >= 11 is 0. The van der Waals surface area contributed by atoms with Crippen LogP contribution in [0, 0.1) is 0 Å². The Bertz CT molecular complexity index is 4530. The molecule has 12 nitrogen and oxygen atoms in total. The Morgan fingerprint density at radius 1 is 0.327 bits per heavy atom. The molecule has 12 aromatic carbocycles. The maximum Gasteiger partial charge on any atom is 0.162 e. The number of rotatable bonds is 27. The van der Waals surface area contributed by atoms with Crippen LogP contribution in [0.2, 0.25) is 0 Å². The van der Waals surface area contributed by atoms with Crippen molar-refractivity contribution in [1.82, 2.24) is 0 Å². The van der Waals surface area contributed by atoms with Crippen molar-refractivity contribution in [2.24, 2.45) is 0 Å². The van der Waals surface area contributed by atoms with Crippen LogP contribution in [0.4, 0.5) is 0 Å². The summed E-state index contributed by atoms with van der Waals surface area (Å²) in [5.74, 6) is 3.21. The highest BCUT2D eigenvalue weighted by Crippen LogP contribution is 2.58. The van der Waals surface area contributed by atoms with Crippen molar-refractivity contribution >= 4 is 0 Å². The average Bonchev–Trinajstić information content (AvgIpc) is 0.725. The van der Waals surface area contributed by atoms with E-state index in [2.05, 4.69) is 0 Å². The molecule has 98 heavy (non-hydrogen) atoms. The van der Waals surface area contributed by atoms with Gasteiger partial charge in [-0.1, -0.05) is 255 Å². The molecule has 0 unspecified atom stereocenters. The highest BCUT2D eigenvalue weighted by molar-refractivity contribution is 5.67. The topological polar surface area (TPSA) is 133 Å². The zero-order valence-corrected chi connectivity index (χ0v) is 54.0. The van der Waals surface area contributed by atoms with E-state index in [1.165, 1.54) is 0 Å². The molecular formula is C86H74O12. The third-order valence-corrected chi connectivity index (χ3v) is 17.5. The summed E-state index contributed by atoms with van der Waals surface area (Å²) in [6, 6.07) is 96.4. The Balaban J connectivity index is 0.954. The van der Waals surface area contributed by atoms with Gasteiger partial charge in [0.25, 0.3) is 0 Å². The number of hydrogen-bond acceptors (Lipinski definition) is 12. The second-order valence-corrected chi connectivity index (χ2v) is 24.4. The van der Waals surface area contributed by atoms with E-state index in [1.807, 2.05) is 297 Å². The number of ether oxygens (including phenoxy) is 10. The zero-order valence-electron chi connectivity index (χ0n) is 54.0. The normalized spacial score (nSPS) is 16.0. The lowest BCUT2D eigenvalue weighted by molar-refractivity contribution is 0.000521. The molecular weight excluding hydrogens is 1230 g/mol. The molecule has 490 valence electrons. The molecule has 0 aliphatic carbocycles. The smallest absolute Gasteiger partial charge is 0.162 e. The van der Waals surface area contributed by atoms with E-state index in [0.717, 1.165) is 44.5 Å². The van der Waals surface area contributed by atoms with Gasteiger partial charge in [0, 0.05) is 41.3 Å². The van der Waals surface area contributed by atoms with Gasteiger partial charge in [0.2, 0.25) is 0 Å². The maximum absolute atomic E-state index is 14.1. The Labute approximate surface area is 571 Å². The number of hydrogen-bond donors (Lipinski definition) is 2. The first-order valence-electron chi connectivity index (χ1n) is 33.1. The minimum Gasteiger partial charge on any atom is -0.489 e. The first kappa shape index (κ1) is 63.9. The average molecular weight is 1300 g/mol. The van der Waals surface area contributed by atoms with E-state index in [1.54, 1.807) is 0 Å². The van der Waals surface area contributed by atoms with E-state index in [4.69, 9.17) is 47.4 Å². The highest BCUT2D eigenvalue weighted by Gasteiger charge is 2.47. The minimum atomic E-state index is -1.43. The van der Waals surface area contributed by atoms with Crippen molar-refractivity contribution in [2.45, 2.75) is 89.6 Å². The highest BCUT2D eigenvalue weighted by atomic mass is 16.7. The molecule has 0 bridgehead atoms. The molecule has 5 atom stereocenters. The van der Waals surface area contributed by atoms with Gasteiger partial charge in [0.05, 0.1) is 12.0 Å². The molecule has 0 spiro atoms. The molecule has 2 N–H and O–H groups in total. The summed E-state index contributed by atoms with van der Waals surface area (Å²) in [6.07, 6.45) is -4.62. The van der Waals surface area contributed by atoms with E-state index < -0.39 is 30.3 Å². The van der Waals surface area contributed by atoms with Crippen molar-refractivity contribution in [2.75, 3.05) is 0 Å². The van der Waals surface area contributed by atoms with Gasteiger partial charge in [0.15, 0.2) is 29.1 Å². The summed E-state index contributed by atoms with van der Waals surface area (Å²) in [6.45, 7) is 1.75. The van der Waals surface area contributed by atoms with Crippen LogP contribution in [0.3, 0.4) is 0 Å². The molecule has 0 aromatic heterocycles. The number of aliphatic hydroxyl groups excluding tert-OH is 2. The monoisotopic (exact) mass is 1300 g/mol. The van der Waals surface area contributed by atoms with E-state index in [0.29, 0.717) is 91.9 Å². The first-order valence-corrected chi connectivity index (χ1v) is 33.1. The predicted molar refractivity (Wildman–Crippen MR) is 376 cm³/mol. The SMILES string of the molecule is O[C@@H]1Cc2c(OCc3ccccc3)cc(OCc3ccccc3)c([C@H]3c4c(OCc5ccccc5)cc(OCc5ccccc5)cc4O[14C@H](c4ccc(OCc5ccccc5)c(OCc5ccccc5)c4)[C@@H]3O)c2O[C@@H]1c1ccc(OCc2ccccc2)c(OCc2ccccc2)c1. The van der Waals surface area contributed by atoms with E-state index >= 15 is 0 Å². The fourth-order valence-corrected chi connectivity index (χ4v) is 12.4. The van der Waals surface area contributed by atoms with Gasteiger partial charge < -0.3 is 57.6 Å². The molecule has 0 radical (unpaired) electrons. The van der Waals surface area contributed by atoms with Crippen LogP contribution in [-0.4, -0.2) is 22.4 Å². The lowest BCUT2D eigenvalue weighted by Gasteiger charge is -2.41. The van der Waals surface area contributed by atoms with E-state index in [9.17, 15) is 10.2 Å². The van der Waals surface area contributed by atoms with Crippen molar-refractivity contribution in [3.8, 4) is 57.5 Å². The standard InChI is InChI=1S/C86H74O12/c87-71-49-70-74(92-54-62-31-15-4-16-32-62)50-78(96-58-66-39-23-8-24-40-66)81(86(70)98-84(71)67-41-43-72(90-52-60-27-11-2-12-28-60)75(45-67)93-55-63-33-17-5-18-34-63)82-80-77(95-57-65-37-21-7-22-38-65)47-69(89-51-59-25-9-1-10-26-59)48-79(80)97-85(83(82)88)68-42-44-73(91-53-61-29-13-3-14-30-61)76(46-68)94-56-64-35-19-6-20-36-64/h1-48,50,71,82-85,87-88H,49,51-58H2/t71-,82-,83-,84-,85-/m1/s1/i85+2. The summed E-state index contributed by atoms with van der Waals surface area (Å²) in [7, 11) is 0. The molecule has 14 rings (SSSR count). The number of fused-ring (bicyclic) bond motifs is 2. The fourth-order valence-electron chi connectivity index (χ4n) is 12.4. The number of aliphatic hydroxyl groups is 2. The van der Waals surface area contributed by atoms with Crippen LogP contribution in [0.1, 0.15) is 90.5 Å². The molecule has 2 heterocycles. The van der Waals surface area contributed by atoms with Gasteiger partial charge in [-0.2, -0.15) is 0 Å². The molecule has 12 heteroatoms. The Morgan fingerprint density at radius 3 is 1.11 bits per heavy atom. The Morgan fingerprint density at radius 2 is 0.684 bits per heavy atom. The third-order valence-electron chi connectivity index (χ3n) is 17.5. The second-order valence-electron chi connectivity index (χ2n) is 24.4. The maximum atomic E-state index is 14.1. The molecule has 0 saturated heterocycles. The van der Waals surface area contributed by atoms with Crippen molar-refractivity contribution in [1.29, 1.82) is 0 Å². The van der Waals surface area contributed by atoms with Crippen LogP contribution in [-0.2, 0) is 59.3 Å².